The lowest BCUT2D eigenvalue weighted by molar-refractivity contribution is 0.0555. The quantitative estimate of drug-likeness (QED) is 0.436. The van der Waals surface area contributed by atoms with Crippen molar-refractivity contribution in [2.45, 2.75) is 69.7 Å². The average molecular weight is 471 g/mol. The van der Waals surface area contributed by atoms with E-state index >= 15 is 4.39 Å². The van der Waals surface area contributed by atoms with E-state index in [-0.39, 0.29) is 6.04 Å². The van der Waals surface area contributed by atoms with Crippen molar-refractivity contribution in [3.05, 3.63) is 35.9 Å². The molecule has 0 bridgehead atoms. The van der Waals surface area contributed by atoms with Crippen LogP contribution in [0.15, 0.2) is 24.5 Å². The van der Waals surface area contributed by atoms with E-state index < -0.39 is 24.3 Å². The molecule has 11 heteroatoms. The van der Waals surface area contributed by atoms with Crippen molar-refractivity contribution in [2.75, 3.05) is 18.4 Å². The molecule has 182 valence electrons. The predicted octanol–water partition coefficient (Wildman–Crippen LogP) is 3.38. The van der Waals surface area contributed by atoms with Crippen molar-refractivity contribution in [2.24, 2.45) is 0 Å². The maximum Gasteiger partial charge on any atom is 0.407 e. The molecular formula is C23H31FN8O2. The standard InChI is InChI=1S/C23H31FN8O2/c1-13(2)27-23(33)34-19-4-3-15(21(19)24)16-11-20(31-30-16)29-22-18-7-10-26-32(18)12-17(28-22)14-5-8-25-9-6-14/h7,10-15,19,21,25H,3-6,8-9H2,1-2H3,(H,27,33)(H2,28,29,30,31)/t15-,19-,21-/m0/s1. The number of anilines is 2. The van der Waals surface area contributed by atoms with Crippen molar-refractivity contribution < 1.29 is 13.9 Å². The number of hydrogen-bond acceptors (Lipinski definition) is 7. The summed E-state index contributed by atoms with van der Waals surface area (Å²) in [6.45, 7) is 5.62. The number of hydrogen-bond donors (Lipinski definition) is 4. The smallest absolute Gasteiger partial charge is 0.407 e. The summed E-state index contributed by atoms with van der Waals surface area (Å²) in [5.74, 6) is 1.19. The zero-order chi connectivity index (χ0) is 23.7. The third-order valence-corrected chi connectivity index (χ3v) is 6.58. The molecule has 4 N–H and O–H groups in total. The highest BCUT2D eigenvalue weighted by atomic mass is 19.1. The second-order valence-corrected chi connectivity index (χ2v) is 9.40. The molecule has 1 saturated carbocycles. The lowest BCUT2D eigenvalue weighted by Crippen LogP contribution is -2.36. The summed E-state index contributed by atoms with van der Waals surface area (Å²) in [6.07, 6.45) is 4.19. The minimum Gasteiger partial charge on any atom is -0.443 e. The van der Waals surface area contributed by atoms with E-state index in [2.05, 4.69) is 31.2 Å². The molecule has 0 unspecified atom stereocenters. The number of alkyl carbamates (subject to hydrolysis) is 1. The molecule has 10 nitrogen and oxygen atoms in total. The van der Waals surface area contributed by atoms with Gasteiger partial charge in [0.05, 0.1) is 18.1 Å². The second-order valence-electron chi connectivity index (χ2n) is 9.40. The predicted molar refractivity (Wildman–Crippen MR) is 125 cm³/mol. The molecule has 0 radical (unpaired) electrons. The summed E-state index contributed by atoms with van der Waals surface area (Å²) in [6, 6.07) is 3.64. The number of amides is 1. The van der Waals surface area contributed by atoms with Gasteiger partial charge in [-0.25, -0.2) is 18.7 Å². The molecule has 3 atom stereocenters. The van der Waals surface area contributed by atoms with Crippen molar-refractivity contribution in [1.29, 1.82) is 0 Å². The van der Waals surface area contributed by atoms with E-state index in [9.17, 15) is 4.79 Å². The lowest BCUT2D eigenvalue weighted by atomic mass is 9.95. The first-order valence-electron chi connectivity index (χ1n) is 12.0. The topological polar surface area (TPSA) is 121 Å². The number of piperidine rings is 1. The number of nitrogens with one attached hydrogen (secondary N) is 4. The summed E-state index contributed by atoms with van der Waals surface area (Å²) >= 11 is 0. The number of rotatable bonds is 6. The van der Waals surface area contributed by atoms with Gasteiger partial charge in [0.15, 0.2) is 11.6 Å². The number of H-pyrrole nitrogens is 1. The largest absolute Gasteiger partial charge is 0.443 e. The third-order valence-electron chi connectivity index (χ3n) is 6.58. The van der Waals surface area contributed by atoms with Crippen LogP contribution in [-0.2, 0) is 4.74 Å². The Labute approximate surface area is 197 Å². The molecule has 34 heavy (non-hydrogen) atoms. The fourth-order valence-corrected chi connectivity index (χ4v) is 4.84. The number of nitrogens with zero attached hydrogens (tertiary/aromatic N) is 4. The molecule has 1 aliphatic carbocycles. The van der Waals surface area contributed by atoms with E-state index in [1.165, 1.54) is 0 Å². The number of fused-ring (bicyclic) bond motifs is 1. The molecule has 2 fully saturated rings. The molecule has 1 aliphatic heterocycles. The average Bonchev–Trinajstić information content (AvgIpc) is 3.55. The molecular weight excluding hydrogens is 439 g/mol. The minimum absolute atomic E-state index is 0.0619. The van der Waals surface area contributed by atoms with Crippen LogP contribution in [0.2, 0.25) is 0 Å². The molecule has 4 heterocycles. The Morgan fingerprint density at radius 3 is 2.88 bits per heavy atom. The first-order valence-corrected chi connectivity index (χ1v) is 12.0. The summed E-state index contributed by atoms with van der Waals surface area (Å²) < 4.78 is 22.2. The van der Waals surface area contributed by atoms with Gasteiger partial charge in [0.2, 0.25) is 0 Å². The van der Waals surface area contributed by atoms with Gasteiger partial charge in [0, 0.05) is 29.6 Å². The van der Waals surface area contributed by atoms with Crippen LogP contribution in [0.4, 0.5) is 20.8 Å². The molecule has 2 aliphatic rings. The third kappa shape index (κ3) is 4.70. The van der Waals surface area contributed by atoms with E-state index in [1.807, 2.05) is 30.6 Å². The lowest BCUT2D eigenvalue weighted by Gasteiger charge is -2.22. The molecule has 5 rings (SSSR count). The van der Waals surface area contributed by atoms with Crippen molar-refractivity contribution in [3.63, 3.8) is 0 Å². The maximum absolute atomic E-state index is 15.1. The highest BCUT2D eigenvalue weighted by Gasteiger charge is 2.41. The monoisotopic (exact) mass is 470 g/mol. The molecule has 3 aromatic heterocycles. The Bertz CT molecular complexity index is 1140. The fraction of sp³-hybridized carbons (Fsp3) is 0.565. The normalized spacial score (nSPS) is 23.5. The Morgan fingerprint density at radius 1 is 1.26 bits per heavy atom. The summed E-state index contributed by atoms with van der Waals surface area (Å²) in [4.78, 5) is 16.8. The Hall–Kier alpha value is -3.21. The molecule has 1 amide bonds. The van der Waals surface area contributed by atoms with Crippen LogP contribution in [0.5, 0.6) is 0 Å². The van der Waals surface area contributed by atoms with Crippen LogP contribution in [0.3, 0.4) is 0 Å². The van der Waals surface area contributed by atoms with Gasteiger partial charge in [0.1, 0.15) is 17.8 Å². The zero-order valence-corrected chi connectivity index (χ0v) is 19.4. The van der Waals surface area contributed by atoms with E-state index in [4.69, 9.17) is 9.72 Å². The van der Waals surface area contributed by atoms with Crippen LogP contribution in [0.1, 0.15) is 62.8 Å². The maximum atomic E-state index is 15.1. The summed E-state index contributed by atoms with van der Waals surface area (Å²) in [5, 5.41) is 21.0. The Balaban J connectivity index is 1.30. The Morgan fingerprint density at radius 2 is 2.09 bits per heavy atom. The van der Waals surface area contributed by atoms with Gasteiger partial charge < -0.3 is 20.7 Å². The van der Waals surface area contributed by atoms with Crippen molar-refractivity contribution >= 4 is 23.2 Å². The molecule has 0 spiro atoms. The van der Waals surface area contributed by atoms with Gasteiger partial charge in [-0.1, -0.05) is 0 Å². The number of aromatic amines is 1. The van der Waals surface area contributed by atoms with E-state index in [1.54, 1.807) is 12.3 Å². The Kier molecular flexibility index (Phi) is 6.36. The van der Waals surface area contributed by atoms with Gasteiger partial charge in [-0.2, -0.15) is 10.2 Å². The SMILES string of the molecule is CC(C)NC(=O)O[C@H]1CC[C@@H](c2cc(Nc3nc(C4CCNCC4)cn4nccc34)n[nH]2)[C@@H]1F. The van der Waals surface area contributed by atoms with Crippen molar-refractivity contribution in [1.82, 2.24) is 35.4 Å². The molecule has 0 aromatic carbocycles. The highest BCUT2D eigenvalue weighted by Crippen LogP contribution is 2.38. The van der Waals surface area contributed by atoms with Crippen LogP contribution in [-0.4, -0.2) is 62.3 Å². The van der Waals surface area contributed by atoms with Crippen LogP contribution >= 0.6 is 0 Å². The van der Waals surface area contributed by atoms with Gasteiger partial charge in [-0.05, 0) is 58.7 Å². The molecule has 1 saturated heterocycles. The summed E-state index contributed by atoms with van der Waals surface area (Å²) in [5.41, 5.74) is 2.51. The highest BCUT2D eigenvalue weighted by molar-refractivity contribution is 5.72. The number of halogens is 1. The van der Waals surface area contributed by atoms with Crippen LogP contribution < -0.4 is 16.0 Å². The van der Waals surface area contributed by atoms with Crippen LogP contribution in [0, 0.1) is 0 Å². The summed E-state index contributed by atoms with van der Waals surface area (Å²) in [7, 11) is 0. The van der Waals surface area contributed by atoms with Gasteiger partial charge in [-0.15, -0.1) is 0 Å². The van der Waals surface area contributed by atoms with Crippen molar-refractivity contribution in [3.8, 4) is 0 Å². The molecule has 3 aromatic rings. The zero-order valence-electron chi connectivity index (χ0n) is 19.4. The number of aromatic nitrogens is 5. The first kappa shape index (κ1) is 22.6. The number of alkyl halides is 1. The first-order chi connectivity index (χ1) is 16.5. The second kappa shape index (κ2) is 9.57. The van der Waals surface area contributed by atoms with E-state index in [0.29, 0.717) is 36.1 Å². The number of carbonyl (C=O) groups excluding carboxylic acids is 1. The number of ether oxygens (including phenoxy) is 1. The number of carbonyl (C=O) groups is 1. The minimum atomic E-state index is -1.30. The van der Waals surface area contributed by atoms with Gasteiger partial charge in [-0.3, -0.25) is 5.10 Å². The van der Waals surface area contributed by atoms with E-state index in [0.717, 1.165) is 37.1 Å². The van der Waals surface area contributed by atoms with Crippen LogP contribution in [0.25, 0.3) is 5.52 Å². The van der Waals surface area contributed by atoms with Gasteiger partial charge in [0.25, 0.3) is 0 Å². The van der Waals surface area contributed by atoms with Gasteiger partial charge >= 0.3 is 6.09 Å². The fourth-order valence-electron chi connectivity index (χ4n) is 4.84.